The molecule has 0 spiro atoms. The summed E-state index contributed by atoms with van der Waals surface area (Å²) >= 11 is 1.54. The number of nitrogens with one attached hydrogen (secondary N) is 2. The number of hydrogen-bond acceptors (Lipinski definition) is 10. The van der Waals surface area contributed by atoms with Gasteiger partial charge in [0.25, 0.3) is 5.95 Å². The van der Waals surface area contributed by atoms with E-state index in [9.17, 15) is 0 Å². The van der Waals surface area contributed by atoms with E-state index in [1.165, 1.54) is 17.3 Å². The Morgan fingerprint density at radius 2 is 2.15 bits per heavy atom. The predicted molar refractivity (Wildman–Crippen MR) is 72.0 cm³/mol. The Labute approximate surface area is 117 Å². The largest absolute Gasteiger partial charge is 0.348 e. The van der Waals surface area contributed by atoms with Crippen molar-refractivity contribution in [2.24, 2.45) is 5.84 Å². The van der Waals surface area contributed by atoms with Crippen LogP contribution in [0.2, 0.25) is 0 Å². The van der Waals surface area contributed by atoms with E-state index in [2.05, 4.69) is 40.8 Å². The molecule has 0 bridgehead atoms. The number of nitrogens with zero attached hydrogens (tertiary/aromatic N) is 7. The quantitative estimate of drug-likeness (QED) is 0.431. The van der Waals surface area contributed by atoms with Gasteiger partial charge in [-0.25, -0.2) is 15.8 Å². The van der Waals surface area contributed by atoms with E-state index in [0.29, 0.717) is 18.4 Å². The molecule has 0 saturated carbocycles. The molecule has 0 radical (unpaired) electrons. The Bertz CT molecular complexity index is 664. The number of hydrogen-bond donors (Lipinski definition) is 3. The van der Waals surface area contributed by atoms with Crippen LogP contribution in [0.3, 0.4) is 0 Å². The third kappa shape index (κ3) is 2.67. The molecule has 0 fully saturated rings. The lowest BCUT2D eigenvalue weighted by atomic mass is 10.6. The second-order valence-electron chi connectivity index (χ2n) is 3.55. The first kappa shape index (κ1) is 12.4. The number of nitrogen functional groups attached to an aromatic ring is 1. The monoisotopic (exact) mass is 290 g/mol. The molecule has 0 unspecified atom stereocenters. The number of aromatic nitrogens is 7. The van der Waals surface area contributed by atoms with Gasteiger partial charge >= 0.3 is 0 Å². The van der Waals surface area contributed by atoms with Crippen molar-refractivity contribution in [3.63, 3.8) is 0 Å². The van der Waals surface area contributed by atoms with Gasteiger partial charge in [-0.05, 0) is 0 Å². The fourth-order valence-corrected chi connectivity index (χ4v) is 1.97. The summed E-state index contributed by atoms with van der Waals surface area (Å²) in [5.74, 6) is 6.26. The van der Waals surface area contributed by atoms with Crippen LogP contribution in [-0.4, -0.2) is 34.7 Å². The topological polar surface area (TPSA) is 132 Å². The molecule has 0 aliphatic rings. The van der Waals surface area contributed by atoms with Crippen molar-refractivity contribution in [1.82, 2.24) is 34.7 Å². The van der Waals surface area contributed by atoms with Crippen LogP contribution in [0.25, 0.3) is 5.95 Å². The standard InChI is InChI=1S/C9H10N10S/c10-18-8-15-7(13-3-6-12-1-2-20-6)16-9(17-8)19-5-11-4-14-19/h1-2,4-5H,3,10H2,(H2,13,15,16,17,18). The van der Waals surface area contributed by atoms with E-state index in [4.69, 9.17) is 5.84 Å². The molecule has 0 amide bonds. The van der Waals surface area contributed by atoms with Crippen molar-refractivity contribution < 1.29 is 0 Å². The summed E-state index contributed by atoms with van der Waals surface area (Å²) in [4.78, 5) is 20.4. The molecule has 0 aliphatic carbocycles. The molecule has 102 valence electrons. The minimum atomic E-state index is 0.229. The van der Waals surface area contributed by atoms with Crippen molar-refractivity contribution >= 4 is 23.2 Å². The minimum Gasteiger partial charge on any atom is -0.348 e. The lowest BCUT2D eigenvalue weighted by molar-refractivity contribution is 0.794. The molecule has 20 heavy (non-hydrogen) atoms. The van der Waals surface area contributed by atoms with Gasteiger partial charge in [-0.15, -0.1) is 11.3 Å². The van der Waals surface area contributed by atoms with Crippen LogP contribution in [-0.2, 0) is 6.54 Å². The highest BCUT2D eigenvalue weighted by Crippen LogP contribution is 2.10. The minimum absolute atomic E-state index is 0.229. The fourth-order valence-electron chi connectivity index (χ4n) is 1.42. The van der Waals surface area contributed by atoms with Crippen LogP contribution in [0.4, 0.5) is 11.9 Å². The molecule has 11 heteroatoms. The maximum absolute atomic E-state index is 5.35. The maximum atomic E-state index is 5.35. The highest BCUT2D eigenvalue weighted by atomic mass is 32.1. The predicted octanol–water partition coefficient (Wildman–Crippen LogP) is -0.194. The molecular formula is C9H10N10S. The van der Waals surface area contributed by atoms with E-state index >= 15 is 0 Å². The molecule has 0 aliphatic heterocycles. The SMILES string of the molecule is NNc1nc(NCc2nccs2)nc(-n2cncn2)n1. The van der Waals surface area contributed by atoms with Gasteiger partial charge in [-0.1, -0.05) is 0 Å². The van der Waals surface area contributed by atoms with Gasteiger partial charge in [0.15, 0.2) is 0 Å². The smallest absolute Gasteiger partial charge is 0.258 e. The number of rotatable bonds is 5. The summed E-state index contributed by atoms with van der Waals surface area (Å²) in [5, 5.41) is 9.84. The normalized spacial score (nSPS) is 10.4. The van der Waals surface area contributed by atoms with Crippen LogP contribution in [0.5, 0.6) is 0 Å². The van der Waals surface area contributed by atoms with Gasteiger partial charge in [-0.3, -0.25) is 5.43 Å². The fraction of sp³-hybridized carbons (Fsp3) is 0.111. The summed E-state index contributed by atoms with van der Waals surface area (Å²) in [6, 6.07) is 0. The number of nitrogens with two attached hydrogens (primary N) is 1. The molecule has 10 nitrogen and oxygen atoms in total. The lowest BCUT2D eigenvalue weighted by Crippen LogP contribution is -2.16. The van der Waals surface area contributed by atoms with E-state index in [1.54, 1.807) is 17.5 Å². The Morgan fingerprint density at radius 3 is 2.85 bits per heavy atom. The maximum Gasteiger partial charge on any atom is 0.258 e. The van der Waals surface area contributed by atoms with Crippen LogP contribution >= 0.6 is 11.3 Å². The van der Waals surface area contributed by atoms with E-state index < -0.39 is 0 Å². The molecule has 3 aromatic rings. The Hall–Kier alpha value is -2.66. The highest BCUT2D eigenvalue weighted by Gasteiger charge is 2.08. The average Bonchev–Trinajstić information content (AvgIpc) is 3.17. The zero-order valence-corrected chi connectivity index (χ0v) is 10.9. The molecule has 0 aromatic carbocycles. The molecule has 0 saturated heterocycles. The van der Waals surface area contributed by atoms with Gasteiger partial charge in [0, 0.05) is 11.6 Å². The van der Waals surface area contributed by atoms with Crippen molar-refractivity contribution in [2.45, 2.75) is 6.54 Å². The number of hydrazine groups is 1. The first-order valence-electron chi connectivity index (χ1n) is 5.55. The summed E-state index contributed by atoms with van der Waals surface area (Å²) in [6.07, 6.45) is 4.62. The van der Waals surface area contributed by atoms with Crippen LogP contribution in [0, 0.1) is 0 Å². The Morgan fingerprint density at radius 1 is 1.25 bits per heavy atom. The molecule has 3 aromatic heterocycles. The summed E-state index contributed by atoms with van der Waals surface area (Å²) in [6.45, 7) is 0.516. The lowest BCUT2D eigenvalue weighted by Gasteiger charge is -2.07. The molecule has 3 rings (SSSR count). The van der Waals surface area contributed by atoms with Crippen molar-refractivity contribution in [3.05, 3.63) is 29.2 Å². The third-order valence-electron chi connectivity index (χ3n) is 2.26. The summed E-state index contributed by atoms with van der Waals surface area (Å²) < 4.78 is 1.41. The molecule has 0 atom stereocenters. The first-order valence-corrected chi connectivity index (χ1v) is 6.43. The van der Waals surface area contributed by atoms with E-state index in [-0.39, 0.29) is 5.95 Å². The molecule has 4 N–H and O–H groups in total. The second kappa shape index (κ2) is 5.54. The van der Waals surface area contributed by atoms with Crippen molar-refractivity contribution in [1.29, 1.82) is 0 Å². The average molecular weight is 290 g/mol. The van der Waals surface area contributed by atoms with Crippen LogP contribution in [0.15, 0.2) is 24.2 Å². The zero-order valence-electron chi connectivity index (χ0n) is 10.1. The van der Waals surface area contributed by atoms with Crippen molar-refractivity contribution in [2.75, 3.05) is 10.7 Å². The van der Waals surface area contributed by atoms with Crippen LogP contribution in [0.1, 0.15) is 5.01 Å². The van der Waals surface area contributed by atoms with Crippen LogP contribution < -0.4 is 16.6 Å². The Kier molecular flexibility index (Phi) is 3.43. The number of anilines is 2. The van der Waals surface area contributed by atoms with Gasteiger partial charge in [0.2, 0.25) is 11.9 Å². The van der Waals surface area contributed by atoms with Gasteiger partial charge < -0.3 is 5.32 Å². The summed E-state index contributed by atoms with van der Waals surface area (Å²) in [7, 11) is 0. The first-order chi connectivity index (χ1) is 9.85. The Balaban J connectivity index is 1.84. The van der Waals surface area contributed by atoms with Gasteiger partial charge in [-0.2, -0.15) is 24.7 Å². The van der Waals surface area contributed by atoms with E-state index in [1.807, 2.05) is 5.38 Å². The third-order valence-corrected chi connectivity index (χ3v) is 3.04. The van der Waals surface area contributed by atoms with Crippen molar-refractivity contribution in [3.8, 4) is 5.95 Å². The number of thiazole rings is 1. The molecule has 3 heterocycles. The van der Waals surface area contributed by atoms with Gasteiger partial charge in [0.05, 0.1) is 6.54 Å². The summed E-state index contributed by atoms with van der Waals surface area (Å²) in [5.41, 5.74) is 2.39. The second-order valence-corrected chi connectivity index (χ2v) is 4.53. The molecular weight excluding hydrogens is 280 g/mol. The van der Waals surface area contributed by atoms with E-state index in [0.717, 1.165) is 5.01 Å². The highest BCUT2D eigenvalue weighted by molar-refractivity contribution is 7.09. The zero-order chi connectivity index (χ0) is 13.8. The van der Waals surface area contributed by atoms with Gasteiger partial charge in [0.1, 0.15) is 17.7 Å².